The number of aliphatic hydroxyl groups is 1. The molecule has 0 saturated heterocycles. The molecule has 7 atom stereocenters. The average Bonchev–Trinajstić information content (AvgIpc) is 2.77. The molecule has 0 radical (unpaired) electrons. The van der Waals surface area contributed by atoms with E-state index in [1.807, 2.05) is 20.8 Å². The van der Waals surface area contributed by atoms with Crippen LogP contribution < -0.4 is 0 Å². The minimum Gasteiger partial charge on any atom is -0.461 e. The fourth-order valence-corrected chi connectivity index (χ4v) is 7.69. The SMILES string of the molecule is C=C1C(=O)C23C(O)C[C@@H]4C(C)(C)C(=O)CC[C@@]4(C)C2CCC1C3OC(=O)CCC. The van der Waals surface area contributed by atoms with E-state index in [-0.39, 0.29) is 40.7 Å². The molecule has 0 aromatic carbocycles. The van der Waals surface area contributed by atoms with Crippen LogP contribution in [-0.4, -0.2) is 34.9 Å². The molecule has 0 aromatic rings. The van der Waals surface area contributed by atoms with Gasteiger partial charge in [0, 0.05) is 24.2 Å². The zero-order valence-corrected chi connectivity index (χ0v) is 18.1. The first-order valence-corrected chi connectivity index (χ1v) is 11.2. The zero-order chi connectivity index (χ0) is 21.4. The number of carbonyl (C=O) groups excluding carboxylic acids is 3. The third-order valence-corrected chi connectivity index (χ3v) is 9.11. The quantitative estimate of drug-likeness (QED) is 0.576. The van der Waals surface area contributed by atoms with Gasteiger partial charge in [-0.2, -0.15) is 0 Å². The highest BCUT2D eigenvalue weighted by atomic mass is 16.5. The second-order valence-corrected chi connectivity index (χ2v) is 10.6. The lowest BCUT2D eigenvalue weighted by Gasteiger charge is -2.64. The Morgan fingerprint density at radius 3 is 2.55 bits per heavy atom. The molecule has 1 N–H and O–H groups in total. The van der Waals surface area contributed by atoms with E-state index < -0.39 is 23.0 Å². The summed E-state index contributed by atoms with van der Waals surface area (Å²) in [6, 6.07) is 0. The first-order chi connectivity index (χ1) is 13.5. The van der Waals surface area contributed by atoms with Crippen molar-refractivity contribution in [1.29, 1.82) is 0 Å². The van der Waals surface area contributed by atoms with Crippen molar-refractivity contribution in [2.75, 3.05) is 0 Å². The summed E-state index contributed by atoms with van der Waals surface area (Å²) in [6.07, 6.45) is 2.58. The van der Waals surface area contributed by atoms with E-state index in [9.17, 15) is 19.5 Å². The Kier molecular flexibility index (Phi) is 4.66. The predicted molar refractivity (Wildman–Crippen MR) is 108 cm³/mol. The second-order valence-electron chi connectivity index (χ2n) is 10.6. The van der Waals surface area contributed by atoms with Gasteiger partial charge in [0.05, 0.1) is 11.5 Å². The summed E-state index contributed by atoms with van der Waals surface area (Å²) in [7, 11) is 0. The van der Waals surface area contributed by atoms with E-state index in [0.717, 1.165) is 19.3 Å². The molecule has 4 saturated carbocycles. The summed E-state index contributed by atoms with van der Waals surface area (Å²) in [5.74, 6) is -0.479. The Labute approximate surface area is 173 Å². The largest absolute Gasteiger partial charge is 0.461 e. The normalized spacial score (nSPS) is 45.6. The van der Waals surface area contributed by atoms with E-state index in [4.69, 9.17) is 4.74 Å². The molecule has 2 bridgehead atoms. The molecule has 0 aromatic heterocycles. The fraction of sp³-hybridized carbons (Fsp3) is 0.792. The van der Waals surface area contributed by atoms with Crippen molar-refractivity contribution in [3.05, 3.63) is 12.2 Å². The van der Waals surface area contributed by atoms with Crippen molar-refractivity contribution in [1.82, 2.24) is 0 Å². The highest BCUT2D eigenvalue weighted by molar-refractivity contribution is 6.05. The van der Waals surface area contributed by atoms with Gasteiger partial charge in [-0.1, -0.05) is 34.3 Å². The van der Waals surface area contributed by atoms with Crippen molar-refractivity contribution in [3.63, 3.8) is 0 Å². The van der Waals surface area contributed by atoms with Gasteiger partial charge < -0.3 is 9.84 Å². The Hall–Kier alpha value is -1.49. The summed E-state index contributed by atoms with van der Waals surface area (Å²) in [5.41, 5.74) is -1.38. The zero-order valence-electron chi connectivity index (χ0n) is 18.1. The molecule has 0 amide bonds. The van der Waals surface area contributed by atoms with Crippen molar-refractivity contribution >= 4 is 17.5 Å². The Morgan fingerprint density at radius 2 is 1.90 bits per heavy atom. The van der Waals surface area contributed by atoms with Gasteiger partial charge in [0.25, 0.3) is 0 Å². The van der Waals surface area contributed by atoms with Crippen molar-refractivity contribution in [2.24, 2.45) is 34.0 Å². The van der Waals surface area contributed by atoms with Crippen molar-refractivity contribution < 1.29 is 24.2 Å². The number of fused-ring (bicyclic) bond motifs is 3. The Bertz CT molecular complexity index is 782. The molecule has 4 rings (SSSR count). The third kappa shape index (κ3) is 2.46. The average molecular weight is 403 g/mol. The molecule has 4 aliphatic carbocycles. The molecule has 5 unspecified atom stereocenters. The van der Waals surface area contributed by atoms with Crippen LogP contribution in [0.3, 0.4) is 0 Å². The number of carbonyl (C=O) groups is 3. The first kappa shape index (κ1) is 20.8. The van der Waals surface area contributed by atoms with Crippen LogP contribution in [-0.2, 0) is 19.1 Å². The van der Waals surface area contributed by atoms with E-state index in [2.05, 4.69) is 13.5 Å². The lowest BCUT2D eigenvalue weighted by atomic mass is 9.39. The van der Waals surface area contributed by atoms with Gasteiger partial charge in [-0.15, -0.1) is 0 Å². The van der Waals surface area contributed by atoms with E-state index in [1.54, 1.807) is 0 Å². The summed E-state index contributed by atoms with van der Waals surface area (Å²) < 4.78 is 5.94. The monoisotopic (exact) mass is 402 g/mol. The molecule has 5 nitrogen and oxygen atoms in total. The van der Waals surface area contributed by atoms with Gasteiger partial charge >= 0.3 is 5.97 Å². The molecule has 1 spiro atoms. The molecule has 4 aliphatic rings. The third-order valence-electron chi connectivity index (χ3n) is 9.11. The second kappa shape index (κ2) is 6.50. The van der Waals surface area contributed by atoms with Gasteiger partial charge in [-0.25, -0.2) is 0 Å². The number of rotatable bonds is 3. The number of ketones is 2. The van der Waals surface area contributed by atoms with E-state index in [1.165, 1.54) is 0 Å². The standard InChI is InChI=1S/C24H34O5/c1-6-7-19(27)29-21-14-8-9-15-23(5)11-10-17(25)22(3,4)16(23)12-18(26)24(15,21)20(28)13(14)2/h14-16,18,21,26H,2,6-12H2,1,3-5H3/t14?,15?,16-,18?,21?,23+,24?/m1/s1. The molecule has 0 aliphatic heterocycles. The minimum absolute atomic E-state index is 0.00656. The highest BCUT2D eigenvalue weighted by Crippen LogP contribution is 2.71. The van der Waals surface area contributed by atoms with Crippen LogP contribution in [0.25, 0.3) is 0 Å². The molecular formula is C24H34O5. The maximum absolute atomic E-state index is 13.6. The van der Waals surface area contributed by atoms with Gasteiger partial charge in [0.2, 0.25) is 0 Å². The number of Topliss-reactive ketones (excluding diaryl/α,β-unsaturated/α-hetero) is 2. The molecule has 4 fully saturated rings. The first-order valence-electron chi connectivity index (χ1n) is 11.2. The molecule has 29 heavy (non-hydrogen) atoms. The summed E-state index contributed by atoms with van der Waals surface area (Å²) >= 11 is 0. The summed E-state index contributed by atoms with van der Waals surface area (Å²) in [4.78, 5) is 38.8. The Balaban J connectivity index is 1.83. The minimum atomic E-state index is -1.11. The number of hydrogen-bond acceptors (Lipinski definition) is 5. The fourth-order valence-electron chi connectivity index (χ4n) is 7.69. The van der Waals surface area contributed by atoms with Crippen LogP contribution in [0.5, 0.6) is 0 Å². The van der Waals surface area contributed by atoms with E-state index >= 15 is 0 Å². The maximum atomic E-state index is 13.6. The van der Waals surface area contributed by atoms with Crippen LogP contribution in [0.1, 0.15) is 72.6 Å². The summed E-state index contributed by atoms with van der Waals surface area (Å²) in [6.45, 7) is 12.2. The van der Waals surface area contributed by atoms with Crippen LogP contribution in [0.2, 0.25) is 0 Å². The van der Waals surface area contributed by atoms with Crippen molar-refractivity contribution in [2.45, 2.75) is 84.8 Å². The van der Waals surface area contributed by atoms with Crippen LogP contribution in [0.15, 0.2) is 12.2 Å². The number of ether oxygens (including phenoxy) is 1. The molecule has 5 heteroatoms. The van der Waals surface area contributed by atoms with Gasteiger partial charge in [-0.05, 0) is 54.9 Å². The number of aliphatic hydroxyl groups excluding tert-OH is 1. The number of hydrogen-bond donors (Lipinski definition) is 1. The van der Waals surface area contributed by atoms with Gasteiger partial charge in [0.15, 0.2) is 5.78 Å². The lowest BCUT2D eigenvalue weighted by molar-refractivity contribution is -0.229. The molecule has 160 valence electrons. The van der Waals surface area contributed by atoms with Gasteiger partial charge in [0.1, 0.15) is 11.9 Å². The summed E-state index contributed by atoms with van der Waals surface area (Å²) in [5, 5.41) is 11.5. The van der Waals surface area contributed by atoms with Crippen molar-refractivity contribution in [3.8, 4) is 0 Å². The Morgan fingerprint density at radius 1 is 1.21 bits per heavy atom. The van der Waals surface area contributed by atoms with Gasteiger partial charge in [-0.3, -0.25) is 14.4 Å². The number of esters is 1. The van der Waals surface area contributed by atoms with Crippen LogP contribution in [0.4, 0.5) is 0 Å². The topological polar surface area (TPSA) is 80.7 Å². The lowest BCUT2D eigenvalue weighted by Crippen LogP contribution is -2.68. The maximum Gasteiger partial charge on any atom is 0.306 e. The molecule has 0 heterocycles. The van der Waals surface area contributed by atoms with Crippen LogP contribution in [0, 0.1) is 34.0 Å². The molecular weight excluding hydrogens is 368 g/mol. The van der Waals surface area contributed by atoms with E-state index in [0.29, 0.717) is 31.3 Å². The highest BCUT2D eigenvalue weighted by Gasteiger charge is 2.75. The predicted octanol–water partition coefficient (Wildman–Crippen LogP) is 3.63. The smallest absolute Gasteiger partial charge is 0.306 e. The van der Waals surface area contributed by atoms with Crippen LogP contribution >= 0.6 is 0 Å².